The van der Waals surface area contributed by atoms with Gasteiger partial charge in [-0.1, -0.05) is 60.7 Å². The third kappa shape index (κ3) is 5.58. The maximum atomic E-state index is 11.7. The minimum atomic E-state index is -0.367. The molecule has 0 unspecified atom stereocenters. The van der Waals surface area contributed by atoms with Crippen molar-refractivity contribution in [2.75, 3.05) is 6.54 Å². The Morgan fingerprint density at radius 1 is 0.909 bits per heavy atom. The van der Waals surface area contributed by atoms with Crippen LogP contribution in [0, 0.1) is 0 Å². The Morgan fingerprint density at radius 3 is 2.23 bits per heavy atom. The van der Waals surface area contributed by atoms with Crippen LogP contribution in [-0.4, -0.2) is 24.6 Å². The first-order chi connectivity index (χ1) is 10.7. The molecule has 2 aromatic rings. The highest BCUT2D eigenvalue weighted by Gasteiger charge is 2.05. The third-order valence-electron chi connectivity index (χ3n) is 2.86. The highest BCUT2D eigenvalue weighted by molar-refractivity contribution is 5.86. The van der Waals surface area contributed by atoms with Crippen LogP contribution in [0.3, 0.4) is 0 Å². The number of amides is 2. The van der Waals surface area contributed by atoms with E-state index in [1.165, 1.54) is 0 Å². The quantitative estimate of drug-likeness (QED) is 0.626. The molecular formula is C17H17N3O2. The zero-order valence-corrected chi connectivity index (χ0v) is 12.0. The third-order valence-corrected chi connectivity index (χ3v) is 2.86. The van der Waals surface area contributed by atoms with Crippen LogP contribution >= 0.6 is 0 Å². The molecule has 0 heterocycles. The monoisotopic (exact) mass is 295 g/mol. The summed E-state index contributed by atoms with van der Waals surface area (Å²) in [6, 6.07) is 18.8. The zero-order valence-electron chi connectivity index (χ0n) is 12.0. The lowest BCUT2D eigenvalue weighted by Gasteiger charge is -2.04. The lowest BCUT2D eigenvalue weighted by molar-refractivity contribution is -0.125. The number of carbonyl (C=O) groups excluding carboxylic acids is 2. The number of hydrogen-bond donors (Lipinski definition) is 2. The maximum Gasteiger partial charge on any atom is 0.259 e. The molecule has 2 rings (SSSR count). The van der Waals surface area contributed by atoms with Crippen LogP contribution in [0.1, 0.15) is 11.1 Å². The molecule has 2 aromatic carbocycles. The Hall–Kier alpha value is -2.95. The van der Waals surface area contributed by atoms with Crippen LogP contribution in [-0.2, 0) is 16.0 Å². The Labute approximate surface area is 129 Å². The molecule has 0 aromatic heterocycles. The van der Waals surface area contributed by atoms with Crippen molar-refractivity contribution >= 4 is 18.0 Å². The van der Waals surface area contributed by atoms with Gasteiger partial charge < -0.3 is 5.32 Å². The Balaban J connectivity index is 1.69. The molecule has 0 fully saturated rings. The fourth-order valence-corrected chi connectivity index (χ4v) is 1.78. The number of nitrogens with one attached hydrogen (secondary N) is 2. The van der Waals surface area contributed by atoms with Gasteiger partial charge in [-0.3, -0.25) is 9.59 Å². The molecule has 0 aliphatic rings. The van der Waals surface area contributed by atoms with Crippen molar-refractivity contribution in [1.82, 2.24) is 10.7 Å². The van der Waals surface area contributed by atoms with E-state index in [1.807, 2.05) is 60.7 Å². The first-order valence-electron chi connectivity index (χ1n) is 6.91. The summed E-state index contributed by atoms with van der Waals surface area (Å²) in [4.78, 5) is 23.2. The number of hydrazone groups is 1. The molecular weight excluding hydrogens is 278 g/mol. The predicted molar refractivity (Wildman–Crippen MR) is 85.3 cm³/mol. The van der Waals surface area contributed by atoms with Crippen LogP contribution in [0.25, 0.3) is 0 Å². The average Bonchev–Trinajstić information content (AvgIpc) is 2.55. The Morgan fingerprint density at radius 2 is 1.55 bits per heavy atom. The summed E-state index contributed by atoms with van der Waals surface area (Å²) < 4.78 is 0. The number of benzene rings is 2. The van der Waals surface area contributed by atoms with Gasteiger partial charge in [0.1, 0.15) is 0 Å². The molecule has 22 heavy (non-hydrogen) atoms. The molecule has 0 aliphatic carbocycles. The van der Waals surface area contributed by atoms with E-state index in [0.717, 1.165) is 11.1 Å². The second kappa shape index (κ2) is 8.36. The number of carbonyl (C=O) groups is 2. The Bertz CT molecular complexity index is 639. The summed E-state index contributed by atoms with van der Waals surface area (Å²) in [5, 5.41) is 6.38. The van der Waals surface area contributed by atoms with E-state index in [4.69, 9.17) is 0 Å². The molecule has 0 atom stereocenters. The standard InChI is InChI=1S/C17H17N3O2/c21-16(11-14-7-3-1-4-8-14)18-13-17(22)20-19-12-15-9-5-2-6-10-15/h1-10,12H,11,13H2,(H,18,21)(H,20,22). The zero-order chi connectivity index (χ0) is 15.6. The van der Waals surface area contributed by atoms with Crippen LogP contribution in [0.5, 0.6) is 0 Å². The minimum Gasteiger partial charge on any atom is -0.347 e. The summed E-state index contributed by atoms with van der Waals surface area (Å²) in [6.07, 6.45) is 1.80. The molecule has 0 bridgehead atoms. The van der Waals surface area contributed by atoms with Crippen molar-refractivity contribution < 1.29 is 9.59 Å². The fourth-order valence-electron chi connectivity index (χ4n) is 1.78. The average molecular weight is 295 g/mol. The van der Waals surface area contributed by atoms with Crippen LogP contribution in [0.15, 0.2) is 65.8 Å². The van der Waals surface area contributed by atoms with Crippen molar-refractivity contribution in [3.8, 4) is 0 Å². The Kier molecular flexibility index (Phi) is 5.87. The van der Waals surface area contributed by atoms with Crippen molar-refractivity contribution in [1.29, 1.82) is 0 Å². The fraction of sp³-hybridized carbons (Fsp3) is 0.118. The SMILES string of the molecule is O=C(Cc1ccccc1)NCC(=O)NN=Cc1ccccc1. The highest BCUT2D eigenvalue weighted by Crippen LogP contribution is 1.98. The van der Waals surface area contributed by atoms with E-state index in [2.05, 4.69) is 15.8 Å². The van der Waals surface area contributed by atoms with Gasteiger partial charge in [-0.15, -0.1) is 0 Å². The van der Waals surface area contributed by atoms with E-state index < -0.39 is 0 Å². The summed E-state index contributed by atoms with van der Waals surface area (Å²) in [5.74, 6) is -0.568. The van der Waals surface area contributed by atoms with Crippen molar-refractivity contribution in [3.05, 3.63) is 71.8 Å². The molecule has 112 valence electrons. The predicted octanol–water partition coefficient (Wildman–Crippen LogP) is 1.50. The van der Waals surface area contributed by atoms with Gasteiger partial charge in [0.15, 0.2) is 0 Å². The van der Waals surface area contributed by atoms with E-state index in [-0.39, 0.29) is 24.8 Å². The summed E-state index contributed by atoms with van der Waals surface area (Å²) in [6.45, 7) is -0.0994. The molecule has 5 nitrogen and oxygen atoms in total. The maximum absolute atomic E-state index is 11.7. The molecule has 0 spiro atoms. The van der Waals surface area contributed by atoms with Crippen LogP contribution in [0.4, 0.5) is 0 Å². The van der Waals surface area contributed by atoms with E-state index in [0.29, 0.717) is 0 Å². The smallest absolute Gasteiger partial charge is 0.259 e. The first-order valence-corrected chi connectivity index (χ1v) is 6.91. The second-order valence-electron chi connectivity index (χ2n) is 4.64. The molecule has 0 saturated carbocycles. The lowest BCUT2D eigenvalue weighted by atomic mass is 10.1. The van der Waals surface area contributed by atoms with Gasteiger partial charge in [-0.25, -0.2) is 5.43 Å². The van der Waals surface area contributed by atoms with Crippen molar-refractivity contribution in [2.24, 2.45) is 5.10 Å². The van der Waals surface area contributed by atoms with Gasteiger partial charge in [0.05, 0.1) is 19.2 Å². The summed E-state index contributed by atoms with van der Waals surface area (Å²) in [7, 11) is 0. The minimum absolute atomic E-state index is 0.0994. The molecule has 5 heteroatoms. The molecule has 0 radical (unpaired) electrons. The van der Waals surface area contributed by atoms with Crippen molar-refractivity contribution in [3.63, 3.8) is 0 Å². The van der Waals surface area contributed by atoms with Gasteiger partial charge in [-0.2, -0.15) is 5.10 Å². The summed E-state index contributed by atoms with van der Waals surface area (Å²) in [5.41, 5.74) is 4.16. The molecule has 2 amide bonds. The number of rotatable bonds is 6. The topological polar surface area (TPSA) is 70.6 Å². The van der Waals surface area contributed by atoms with Gasteiger partial charge in [-0.05, 0) is 11.1 Å². The molecule has 0 saturated heterocycles. The van der Waals surface area contributed by atoms with Crippen molar-refractivity contribution in [2.45, 2.75) is 6.42 Å². The molecule has 2 N–H and O–H groups in total. The number of hydrogen-bond acceptors (Lipinski definition) is 3. The lowest BCUT2D eigenvalue weighted by Crippen LogP contribution is -2.35. The van der Waals surface area contributed by atoms with Crippen LogP contribution in [0.2, 0.25) is 0 Å². The molecule has 0 aliphatic heterocycles. The summed E-state index contributed by atoms with van der Waals surface area (Å²) >= 11 is 0. The van der Waals surface area contributed by atoms with E-state index in [9.17, 15) is 9.59 Å². The van der Waals surface area contributed by atoms with E-state index >= 15 is 0 Å². The van der Waals surface area contributed by atoms with Crippen LogP contribution < -0.4 is 10.7 Å². The highest BCUT2D eigenvalue weighted by atomic mass is 16.2. The number of nitrogens with zero attached hydrogens (tertiary/aromatic N) is 1. The van der Waals surface area contributed by atoms with E-state index in [1.54, 1.807) is 6.21 Å². The van der Waals surface area contributed by atoms with Gasteiger partial charge in [0.25, 0.3) is 5.91 Å². The second-order valence-corrected chi connectivity index (χ2v) is 4.64. The first kappa shape index (κ1) is 15.4. The largest absolute Gasteiger partial charge is 0.347 e. The van der Waals surface area contributed by atoms with Gasteiger partial charge >= 0.3 is 0 Å². The normalized spacial score (nSPS) is 10.4. The van der Waals surface area contributed by atoms with Gasteiger partial charge in [0.2, 0.25) is 5.91 Å². The van der Waals surface area contributed by atoms with Gasteiger partial charge in [0, 0.05) is 0 Å².